The molecule has 5 rings (SSSR count). The molecule has 0 spiro atoms. The van der Waals surface area contributed by atoms with Crippen LogP contribution in [0.4, 0.5) is 0 Å². The van der Waals surface area contributed by atoms with Crippen LogP contribution in [-0.4, -0.2) is 32.4 Å². The van der Waals surface area contributed by atoms with Crippen LogP contribution in [0, 0.1) is 11.8 Å². The third-order valence-electron chi connectivity index (χ3n) is 5.79. The van der Waals surface area contributed by atoms with Gasteiger partial charge in [-0.2, -0.15) is 5.10 Å². The second-order valence-electron chi connectivity index (χ2n) is 7.95. The summed E-state index contributed by atoms with van der Waals surface area (Å²) in [6.07, 6.45) is 7.76. The van der Waals surface area contributed by atoms with E-state index in [1.807, 2.05) is 6.07 Å². The first kappa shape index (κ1) is 14.2. The number of amides is 1. The predicted octanol–water partition coefficient (Wildman–Crippen LogP) is 2.18. The summed E-state index contributed by atoms with van der Waals surface area (Å²) in [7, 11) is 0. The fraction of sp³-hybridized carbons (Fsp3) is 0.765. The Morgan fingerprint density at radius 2 is 2.14 bits per heavy atom. The van der Waals surface area contributed by atoms with Crippen molar-refractivity contribution in [2.24, 2.45) is 11.8 Å². The molecule has 0 aliphatic heterocycles. The lowest BCUT2D eigenvalue weighted by atomic mass is 9.51. The zero-order chi connectivity index (χ0) is 15.4. The Bertz CT molecular complexity index is 580. The number of nitrogens with one attached hydrogen (secondary N) is 2. The number of aryl methyl sites for hydroxylation is 1. The van der Waals surface area contributed by atoms with Gasteiger partial charge in [-0.3, -0.25) is 9.89 Å². The van der Waals surface area contributed by atoms with Gasteiger partial charge in [0.1, 0.15) is 5.69 Å². The molecule has 4 saturated carbocycles. The standard InChI is InChI=1S/C17H25N3O2/c1-2-3-13-5-14(20-19-13)15(21)18-16-6-11-4-12(7-16)9-17(22,8-11)10-16/h5,11-12,22H,2-4,6-10H2,1H3,(H,18,21)(H,19,20). The van der Waals surface area contributed by atoms with Crippen LogP contribution in [0.2, 0.25) is 0 Å². The summed E-state index contributed by atoms with van der Waals surface area (Å²) >= 11 is 0. The topological polar surface area (TPSA) is 78.0 Å². The second kappa shape index (κ2) is 4.82. The predicted molar refractivity (Wildman–Crippen MR) is 82.4 cm³/mol. The highest BCUT2D eigenvalue weighted by atomic mass is 16.3. The van der Waals surface area contributed by atoms with Crippen molar-refractivity contribution >= 4 is 5.91 Å². The molecule has 5 nitrogen and oxygen atoms in total. The molecule has 22 heavy (non-hydrogen) atoms. The number of aromatic nitrogens is 2. The van der Waals surface area contributed by atoms with Gasteiger partial charge < -0.3 is 10.4 Å². The maximum absolute atomic E-state index is 12.6. The summed E-state index contributed by atoms with van der Waals surface area (Å²) in [5.41, 5.74) is 0.735. The van der Waals surface area contributed by atoms with Gasteiger partial charge in [0, 0.05) is 11.2 Å². The Labute approximate surface area is 130 Å². The monoisotopic (exact) mass is 303 g/mol. The molecule has 2 atom stereocenters. The number of H-pyrrole nitrogens is 1. The molecule has 2 unspecified atom stereocenters. The summed E-state index contributed by atoms with van der Waals surface area (Å²) in [6.45, 7) is 2.11. The van der Waals surface area contributed by atoms with Crippen LogP contribution >= 0.6 is 0 Å². The highest BCUT2D eigenvalue weighted by molar-refractivity contribution is 5.93. The quantitative estimate of drug-likeness (QED) is 0.797. The second-order valence-corrected chi connectivity index (χ2v) is 7.95. The van der Waals surface area contributed by atoms with Crippen LogP contribution in [-0.2, 0) is 6.42 Å². The fourth-order valence-electron chi connectivity index (χ4n) is 5.54. The molecule has 4 bridgehead atoms. The molecule has 4 fully saturated rings. The van der Waals surface area contributed by atoms with Gasteiger partial charge in [-0.25, -0.2) is 0 Å². The number of nitrogens with zero attached hydrogens (tertiary/aromatic N) is 1. The van der Waals surface area contributed by atoms with Crippen molar-refractivity contribution in [1.82, 2.24) is 15.5 Å². The van der Waals surface area contributed by atoms with E-state index in [1.165, 1.54) is 6.42 Å². The molecule has 1 aromatic heterocycles. The Kier molecular flexibility index (Phi) is 3.12. The molecule has 3 N–H and O–H groups in total. The van der Waals surface area contributed by atoms with Gasteiger partial charge in [0.15, 0.2) is 0 Å². The molecule has 0 radical (unpaired) electrons. The van der Waals surface area contributed by atoms with Crippen molar-refractivity contribution in [3.8, 4) is 0 Å². The summed E-state index contributed by atoms with van der Waals surface area (Å²) in [6, 6.07) is 1.86. The molecular formula is C17H25N3O2. The van der Waals surface area contributed by atoms with Crippen LogP contribution in [0.5, 0.6) is 0 Å². The van der Waals surface area contributed by atoms with E-state index in [-0.39, 0.29) is 11.4 Å². The Balaban J connectivity index is 1.51. The average molecular weight is 303 g/mol. The fourth-order valence-corrected chi connectivity index (χ4v) is 5.54. The van der Waals surface area contributed by atoms with Crippen molar-refractivity contribution in [3.63, 3.8) is 0 Å². The number of carbonyl (C=O) groups is 1. The smallest absolute Gasteiger partial charge is 0.272 e. The Hall–Kier alpha value is -1.36. The minimum atomic E-state index is -0.545. The third-order valence-corrected chi connectivity index (χ3v) is 5.79. The molecule has 4 aliphatic carbocycles. The number of aromatic amines is 1. The van der Waals surface area contributed by atoms with Gasteiger partial charge >= 0.3 is 0 Å². The van der Waals surface area contributed by atoms with E-state index in [1.54, 1.807) is 0 Å². The molecule has 120 valence electrons. The lowest BCUT2D eigenvalue weighted by Gasteiger charge is -2.60. The van der Waals surface area contributed by atoms with Crippen LogP contribution in [0.3, 0.4) is 0 Å². The molecular weight excluding hydrogens is 278 g/mol. The van der Waals surface area contributed by atoms with Crippen molar-refractivity contribution in [2.45, 2.75) is 69.4 Å². The number of carbonyl (C=O) groups excluding carboxylic acids is 1. The van der Waals surface area contributed by atoms with Crippen LogP contribution in [0.25, 0.3) is 0 Å². The van der Waals surface area contributed by atoms with E-state index >= 15 is 0 Å². The van der Waals surface area contributed by atoms with E-state index in [4.69, 9.17) is 0 Å². The molecule has 4 aliphatic rings. The van der Waals surface area contributed by atoms with E-state index in [0.29, 0.717) is 24.0 Å². The normalized spacial score (nSPS) is 39.2. The average Bonchev–Trinajstić information content (AvgIpc) is 2.84. The van der Waals surface area contributed by atoms with Crippen LogP contribution in [0.1, 0.15) is 68.1 Å². The maximum atomic E-state index is 12.6. The largest absolute Gasteiger partial charge is 0.390 e. The zero-order valence-electron chi connectivity index (χ0n) is 13.2. The first-order chi connectivity index (χ1) is 10.5. The van der Waals surface area contributed by atoms with Gasteiger partial charge in [-0.05, 0) is 62.8 Å². The lowest BCUT2D eigenvalue weighted by molar-refractivity contribution is -0.139. The van der Waals surface area contributed by atoms with Crippen molar-refractivity contribution < 1.29 is 9.90 Å². The highest BCUT2D eigenvalue weighted by Crippen LogP contribution is 2.57. The Morgan fingerprint density at radius 1 is 1.41 bits per heavy atom. The van der Waals surface area contributed by atoms with Crippen molar-refractivity contribution in [3.05, 3.63) is 17.5 Å². The van der Waals surface area contributed by atoms with E-state index in [0.717, 1.165) is 44.2 Å². The third kappa shape index (κ3) is 2.35. The molecule has 1 amide bonds. The van der Waals surface area contributed by atoms with Gasteiger partial charge in [-0.15, -0.1) is 0 Å². The van der Waals surface area contributed by atoms with Gasteiger partial charge in [-0.1, -0.05) is 13.3 Å². The summed E-state index contributed by atoms with van der Waals surface area (Å²) < 4.78 is 0. The van der Waals surface area contributed by atoms with Crippen molar-refractivity contribution in [2.75, 3.05) is 0 Å². The maximum Gasteiger partial charge on any atom is 0.272 e. The molecule has 5 heteroatoms. The van der Waals surface area contributed by atoms with Gasteiger partial charge in [0.25, 0.3) is 5.91 Å². The lowest BCUT2D eigenvalue weighted by Crippen LogP contribution is -2.65. The number of aliphatic hydroxyl groups is 1. The number of hydrogen-bond donors (Lipinski definition) is 3. The zero-order valence-corrected chi connectivity index (χ0v) is 13.2. The molecule has 0 saturated heterocycles. The number of rotatable bonds is 4. The first-order valence-corrected chi connectivity index (χ1v) is 8.58. The molecule has 1 heterocycles. The van der Waals surface area contributed by atoms with E-state index in [2.05, 4.69) is 22.4 Å². The summed E-state index contributed by atoms with van der Waals surface area (Å²) in [5, 5.41) is 21.1. The van der Waals surface area contributed by atoms with Gasteiger partial charge in [0.2, 0.25) is 0 Å². The van der Waals surface area contributed by atoms with E-state index < -0.39 is 5.60 Å². The Morgan fingerprint density at radius 3 is 2.77 bits per heavy atom. The summed E-state index contributed by atoms with van der Waals surface area (Å²) in [5.74, 6) is 1.05. The SMILES string of the molecule is CCCc1cc(C(=O)NC23CC4CC(CC(O)(C4)C2)C3)n[nH]1. The molecule has 0 aromatic carbocycles. The first-order valence-electron chi connectivity index (χ1n) is 8.58. The number of hydrogen-bond acceptors (Lipinski definition) is 3. The van der Waals surface area contributed by atoms with Crippen LogP contribution < -0.4 is 5.32 Å². The summed E-state index contributed by atoms with van der Waals surface area (Å²) in [4.78, 5) is 12.6. The minimum Gasteiger partial charge on any atom is -0.390 e. The highest BCUT2D eigenvalue weighted by Gasteiger charge is 2.57. The van der Waals surface area contributed by atoms with Crippen LogP contribution in [0.15, 0.2) is 6.07 Å². The minimum absolute atomic E-state index is 0.0934. The molecule has 1 aromatic rings. The van der Waals surface area contributed by atoms with Crippen molar-refractivity contribution in [1.29, 1.82) is 0 Å². The van der Waals surface area contributed by atoms with E-state index in [9.17, 15) is 9.90 Å². The van der Waals surface area contributed by atoms with Gasteiger partial charge in [0.05, 0.1) is 5.60 Å².